The zero-order chi connectivity index (χ0) is 22.9. The van der Waals surface area contributed by atoms with Crippen molar-refractivity contribution >= 4 is 17.0 Å². The molecule has 30 heavy (non-hydrogen) atoms. The van der Waals surface area contributed by atoms with Gasteiger partial charge in [-0.25, -0.2) is 18.6 Å². The molecule has 0 saturated heterocycles. The molecule has 0 aliphatic heterocycles. The van der Waals surface area contributed by atoms with E-state index in [1.807, 2.05) is 20.8 Å². The molecule has 1 amide bonds. The van der Waals surface area contributed by atoms with E-state index in [1.54, 1.807) is 27.8 Å². The van der Waals surface area contributed by atoms with Gasteiger partial charge in [0, 0.05) is 32.6 Å². The normalized spacial score (nSPS) is 12.3. The number of hydrogen-bond donors (Lipinski definition) is 0. The first-order valence-electron chi connectivity index (χ1n) is 10.0. The molecule has 0 bridgehead atoms. The molecule has 166 valence electrons. The number of rotatable bonds is 5. The summed E-state index contributed by atoms with van der Waals surface area (Å²) in [6.45, 7) is 12.1. The fourth-order valence-corrected chi connectivity index (χ4v) is 3.00. The van der Waals surface area contributed by atoms with E-state index < -0.39 is 28.9 Å². The van der Waals surface area contributed by atoms with Gasteiger partial charge in [0.05, 0.1) is 10.9 Å². The van der Waals surface area contributed by atoms with Crippen LogP contribution >= 0.6 is 0 Å². The monoisotopic (exact) mass is 423 g/mol. The Hall–Kier alpha value is -2.51. The number of carbonyl (C=O) groups is 1. The Kier molecular flexibility index (Phi) is 6.89. The number of ether oxygens (including phenoxy) is 1. The van der Waals surface area contributed by atoms with Crippen LogP contribution in [0.5, 0.6) is 0 Å². The van der Waals surface area contributed by atoms with E-state index in [0.717, 1.165) is 12.1 Å². The summed E-state index contributed by atoms with van der Waals surface area (Å²) in [6, 6.07) is 1.85. The average Bonchev–Trinajstić information content (AvgIpc) is 2.57. The van der Waals surface area contributed by atoms with Crippen molar-refractivity contribution in [3.05, 3.63) is 39.9 Å². The number of benzene rings is 1. The lowest BCUT2D eigenvalue weighted by Crippen LogP contribution is -2.35. The third-order valence-corrected chi connectivity index (χ3v) is 4.31. The zero-order valence-electron chi connectivity index (χ0n) is 18.8. The van der Waals surface area contributed by atoms with Crippen LogP contribution in [0.15, 0.2) is 16.9 Å². The van der Waals surface area contributed by atoms with Crippen LogP contribution in [-0.2, 0) is 17.7 Å². The molecule has 0 N–H and O–H groups in total. The molecule has 1 heterocycles. The summed E-state index contributed by atoms with van der Waals surface area (Å²) in [5.74, 6) is -1.64. The highest BCUT2D eigenvalue weighted by Crippen LogP contribution is 2.20. The molecule has 2 aromatic rings. The van der Waals surface area contributed by atoms with Crippen molar-refractivity contribution in [3.63, 3.8) is 0 Å². The number of aromatic nitrogens is 2. The van der Waals surface area contributed by atoms with Gasteiger partial charge in [-0.1, -0.05) is 20.8 Å². The molecular weight excluding hydrogens is 392 g/mol. The summed E-state index contributed by atoms with van der Waals surface area (Å²) >= 11 is 0. The van der Waals surface area contributed by atoms with Crippen molar-refractivity contribution in [1.82, 2.24) is 14.5 Å². The van der Waals surface area contributed by atoms with Gasteiger partial charge in [0.25, 0.3) is 5.56 Å². The molecular formula is C22H31F2N3O3. The van der Waals surface area contributed by atoms with Gasteiger partial charge in [0.1, 0.15) is 11.4 Å². The number of aryl methyl sites for hydroxylation is 1. The van der Waals surface area contributed by atoms with Crippen molar-refractivity contribution in [3.8, 4) is 0 Å². The summed E-state index contributed by atoms with van der Waals surface area (Å²) in [5, 5.41) is 0.0489. The van der Waals surface area contributed by atoms with E-state index >= 15 is 0 Å². The minimum absolute atomic E-state index is 0.0489. The van der Waals surface area contributed by atoms with Crippen molar-refractivity contribution < 1.29 is 18.3 Å². The van der Waals surface area contributed by atoms with Crippen LogP contribution in [0.25, 0.3) is 10.9 Å². The number of nitrogens with zero attached hydrogens (tertiary/aromatic N) is 3. The van der Waals surface area contributed by atoms with E-state index in [1.165, 1.54) is 9.47 Å². The first-order valence-corrected chi connectivity index (χ1v) is 10.0. The van der Waals surface area contributed by atoms with Gasteiger partial charge in [-0.15, -0.1) is 0 Å². The fourth-order valence-electron chi connectivity index (χ4n) is 3.00. The maximum Gasteiger partial charge on any atom is 0.410 e. The van der Waals surface area contributed by atoms with Gasteiger partial charge in [0.2, 0.25) is 0 Å². The molecule has 6 nitrogen and oxygen atoms in total. The first kappa shape index (κ1) is 23.8. The van der Waals surface area contributed by atoms with Crippen molar-refractivity contribution in [2.45, 2.75) is 66.5 Å². The Labute approximate surface area is 175 Å². The van der Waals surface area contributed by atoms with Crippen LogP contribution in [0.1, 0.15) is 53.8 Å². The number of hydrogen-bond acceptors (Lipinski definition) is 4. The van der Waals surface area contributed by atoms with Gasteiger partial charge in [0.15, 0.2) is 11.6 Å². The molecule has 0 unspecified atom stereocenters. The van der Waals surface area contributed by atoms with Crippen LogP contribution in [0.2, 0.25) is 0 Å². The summed E-state index contributed by atoms with van der Waals surface area (Å²) in [7, 11) is 1.64. The van der Waals surface area contributed by atoms with Crippen LogP contribution in [0, 0.1) is 17.0 Å². The lowest BCUT2D eigenvalue weighted by atomic mass is 9.96. The number of fused-ring (bicyclic) bond motifs is 1. The molecule has 0 spiro atoms. The van der Waals surface area contributed by atoms with Crippen molar-refractivity contribution in [2.24, 2.45) is 5.41 Å². The SMILES string of the molecule is CN(CCCc1nc2cc(F)c(F)cc2c(=O)n1CC(C)(C)C)C(=O)OC(C)(C)C. The molecule has 0 saturated carbocycles. The quantitative estimate of drug-likeness (QED) is 0.709. The predicted octanol–water partition coefficient (Wildman–Crippen LogP) is 4.52. The largest absolute Gasteiger partial charge is 0.444 e. The van der Waals surface area contributed by atoms with E-state index in [0.29, 0.717) is 31.8 Å². The van der Waals surface area contributed by atoms with Crippen LogP contribution < -0.4 is 5.56 Å². The molecule has 0 atom stereocenters. The molecule has 0 radical (unpaired) electrons. The summed E-state index contributed by atoms with van der Waals surface area (Å²) < 4.78 is 34.2. The first-order chi connectivity index (χ1) is 13.7. The van der Waals surface area contributed by atoms with E-state index in [2.05, 4.69) is 4.98 Å². The van der Waals surface area contributed by atoms with Gasteiger partial charge in [-0.2, -0.15) is 0 Å². The Morgan fingerprint density at radius 1 is 1.13 bits per heavy atom. The number of carbonyl (C=O) groups excluding carboxylic acids is 1. The highest BCUT2D eigenvalue weighted by molar-refractivity contribution is 5.77. The Morgan fingerprint density at radius 2 is 1.73 bits per heavy atom. The summed E-state index contributed by atoms with van der Waals surface area (Å²) in [5.41, 5.74) is -1.08. The van der Waals surface area contributed by atoms with Crippen molar-refractivity contribution in [2.75, 3.05) is 13.6 Å². The second-order valence-corrected chi connectivity index (χ2v) is 9.77. The molecule has 0 aliphatic carbocycles. The van der Waals surface area contributed by atoms with Gasteiger partial charge in [-0.05, 0) is 38.7 Å². The third-order valence-electron chi connectivity index (χ3n) is 4.31. The van der Waals surface area contributed by atoms with E-state index in [-0.39, 0.29) is 16.3 Å². The minimum atomic E-state index is -1.07. The van der Waals surface area contributed by atoms with Crippen LogP contribution in [-0.4, -0.2) is 39.7 Å². The Balaban J connectivity index is 2.30. The van der Waals surface area contributed by atoms with Gasteiger partial charge in [-0.3, -0.25) is 9.36 Å². The highest BCUT2D eigenvalue weighted by Gasteiger charge is 2.21. The second kappa shape index (κ2) is 8.70. The average molecular weight is 424 g/mol. The Morgan fingerprint density at radius 3 is 2.30 bits per heavy atom. The van der Waals surface area contributed by atoms with Crippen LogP contribution in [0.3, 0.4) is 0 Å². The highest BCUT2D eigenvalue weighted by atomic mass is 19.2. The van der Waals surface area contributed by atoms with Crippen molar-refractivity contribution in [1.29, 1.82) is 0 Å². The third kappa shape index (κ3) is 6.24. The number of amides is 1. The smallest absolute Gasteiger partial charge is 0.410 e. The molecule has 0 fully saturated rings. The number of halogens is 2. The molecule has 8 heteroatoms. The summed E-state index contributed by atoms with van der Waals surface area (Å²) in [4.78, 5) is 31.0. The maximum absolute atomic E-state index is 13.7. The zero-order valence-corrected chi connectivity index (χ0v) is 18.8. The maximum atomic E-state index is 13.7. The molecule has 2 rings (SSSR count). The molecule has 1 aromatic carbocycles. The predicted molar refractivity (Wildman–Crippen MR) is 113 cm³/mol. The molecule has 0 aliphatic rings. The van der Waals surface area contributed by atoms with E-state index in [4.69, 9.17) is 4.74 Å². The topological polar surface area (TPSA) is 64.4 Å². The molecule has 1 aromatic heterocycles. The summed E-state index contributed by atoms with van der Waals surface area (Å²) in [6.07, 6.45) is 0.494. The lowest BCUT2D eigenvalue weighted by molar-refractivity contribution is 0.0297. The fraction of sp³-hybridized carbons (Fsp3) is 0.591. The van der Waals surface area contributed by atoms with E-state index in [9.17, 15) is 18.4 Å². The minimum Gasteiger partial charge on any atom is -0.444 e. The second-order valence-electron chi connectivity index (χ2n) is 9.77. The standard InChI is InChI=1S/C22H31F2N3O3/c1-21(2,3)13-27-18(9-8-10-26(7)20(29)30-22(4,5)6)25-17-12-16(24)15(23)11-14(17)19(27)28/h11-12H,8-10,13H2,1-7H3. The van der Waals surface area contributed by atoms with Gasteiger partial charge < -0.3 is 9.64 Å². The lowest BCUT2D eigenvalue weighted by Gasteiger charge is -2.25. The van der Waals surface area contributed by atoms with Crippen LogP contribution in [0.4, 0.5) is 13.6 Å². The van der Waals surface area contributed by atoms with Gasteiger partial charge >= 0.3 is 6.09 Å². The Bertz CT molecular complexity index is 988.